The van der Waals surface area contributed by atoms with Crippen LogP contribution in [0.2, 0.25) is 0 Å². The molecule has 4 heteroatoms. The zero-order chi connectivity index (χ0) is 12.8. The first-order valence-electron chi connectivity index (χ1n) is 5.53. The molecule has 0 aliphatic carbocycles. The van der Waals surface area contributed by atoms with E-state index in [2.05, 4.69) is 29.4 Å². The minimum Gasteiger partial charge on any atom is -0.488 e. The van der Waals surface area contributed by atoms with E-state index in [1.807, 2.05) is 18.2 Å². The van der Waals surface area contributed by atoms with Crippen molar-refractivity contribution in [1.29, 1.82) is 0 Å². The zero-order valence-electron chi connectivity index (χ0n) is 9.88. The van der Waals surface area contributed by atoms with Gasteiger partial charge in [0.25, 0.3) is 0 Å². The molecule has 0 amide bonds. The molecule has 2 N–H and O–H groups in total. The van der Waals surface area contributed by atoms with Gasteiger partial charge in [-0.2, -0.15) is 0 Å². The first-order valence-corrected chi connectivity index (χ1v) is 6.70. The van der Waals surface area contributed by atoms with Crippen LogP contribution in [0.4, 0.5) is 0 Å². The summed E-state index contributed by atoms with van der Waals surface area (Å²) in [5.74, 6) is 0.818. The minimum atomic E-state index is 0.144. The van der Waals surface area contributed by atoms with Gasteiger partial charge in [-0.3, -0.25) is 0 Å². The smallest absolute Gasteiger partial charge is 0.123 e. The van der Waals surface area contributed by atoms with Gasteiger partial charge in [0.1, 0.15) is 12.4 Å². The molecule has 1 unspecified atom stereocenters. The number of halogens is 2. The molecule has 0 radical (unpaired) electrons. The molecule has 0 spiro atoms. The Kier molecular flexibility index (Phi) is 6.03. The zero-order valence-corrected chi connectivity index (χ0v) is 12.2. The van der Waals surface area contributed by atoms with Crippen LogP contribution in [0.25, 0.3) is 0 Å². The summed E-state index contributed by atoms with van der Waals surface area (Å²) in [7, 11) is 0. The predicted molar refractivity (Wildman–Crippen MR) is 76.6 cm³/mol. The van der Waals surface area contributed by atoms with Gasteiger partial charge < -0.3 is 10.5 Å². The molecule has 0 fully saturated rings. The number of rotatable bonds is 6. The van der Waals surface area contributed by atoms with E-state index in [4.69, 9.17) is 22.1 Å². The molecule has 1 aromatic rings. The van der Waals surface area contributed by atoms with Crippen molar-refractivity contribution in [2.75, 3.05) is 6.61 Å². The maximum Gasteiger partial charge on any atom is 0.123 e. The normalized spacial score (nSPS) is 12.2. The standard InChI is InChI=1S/C13H17BrClNO/c1-3-12(16)7-10-6-11(14)4-5-13(10)17-8-9(2)15/h4-6,12H,2-3,7-8,16H2,1H3. The average Bonchev–Trinajstić information content (AvgIpc) is 2.27. The van der Waals surface area contributed by atoms with Gasteiger partial charge in [-0.25, -0.2) is 0 Å². The molecule has 1 atom stereocenters. The van der Waals surface area contributed by atoms with Crippen LogP contribution in [-0.2, 0) is 6.42 Å². The highest BCUT2D eigenvalue weighted by molar-refractivity contribution is 9.10. The molecule has 0 saturated carbocycles. The van der Waals surface area contributed by atoms with Crippen LogP contribution in [0.1, 0.15) is 18.9 Å². The lowest BCUT2D eigenvalue weighted by Gasteiger charge is -2.14. The SMILES string of the molecule is C=C(Cl)COc1ccc(Br)cc1CC(N)CC. The first kappa shape index (κ1) is 14.6. The number of nitrogens with two attached hydrogens (primary N) is 1. The summed E-state index contributed by atoms with van der Waals surface area (Å²) in [5.41, 5.74) is 7.05. The van der Waals surface area contributed by atoms with E-state index in [0.29, 0.717) is 11.6 Å². The molecule has 0 aliphatic rings. The van der Waals surface area contributed by atoms with E-state index in [-0.39, 0.29) is 6.04 Å². The number of ether oxygens (including phenoxy) is 1. The third-order valence-electron chi connectivity index (χ3n) is 2.41. The Morgan fingerprint density at radius 1 is 1.59 bits per heavy atom. The van der Waals surface area contributed by atoms with Crippen LogP contribution < -0.4 is 10.5 Å². The Balaban J connectivity index is 2.83. The van der Waals surface area contributed by atoms with Gasteiger partial charge in [-0.15, -0.1) is 0 Å². The van der Waals surface area contributed by atoms with Gasteiger partial charge in [-0.1, -0.05) is 41.0 Å². The van der Waals surface area contributed by atoms with Crippen LogP contribution in [0, 0.1) is 0 Å². The lowest BCUT2D eigenvalue weighted by atomic mass is 10.0. The highest BCUT2D eigenvalue weighted by Crippen LogP contribution is 2.25. The summed E-state index contributed by atoms with van der Waals surface area (Å²) >= 11 is 9.14. The topological polar surface area (TPSA) is 35.2 Å². The Hall–Kier alpha value is -0.510. The van der Waals surface area contributed by atoms with Gasteiger partial charge in [-0.05, 0) is 36.6 Å². The lowest BCUT2D eigenvalue weighted by Crippen LogP contribution is -2.21. The van der Waals surface area contributed by atoms with Gasteiger partial charge in [0.15, 0.2) is 0 Å². The molecule has 0 bridgehead atoms. The highest BCUT2D eigenvalue weighted by atomic mass is 79.9. The van der Waals surface area contributed by atoms with E-state index < -0.39 is 0 Å². The van der Waals surface area contributed by atoms with Crippen molar-refractivity contribution < 1.29 is 4.74 Å². The second-order valence-electron chi connectivity index (χ2n) is 3.93. The summed E-state index contributed by atoms with van der Waals surface area (Å²) in [6.07, 6.45) is 1.73. The molecule has 0 heterocycles. The molecule has 0 aliphatic heterocycles. The Morgan fingerprint density at radius 3 is 2.88 bits per heavy atom. The predicted octanol–water partition coefficient (Wildman–Crippen LogP) is 3.86. The van der Waals surface area contributed by atoms with Crippen molar-refractivity contribution >= 4 is 27.5 Å². The van der Waals surface area contributed by atoms with E-state index >= 15 is 0 Å². The quantitative estimate of drug-likeness (QED) is 0.864. The van der Waals surface area contributed by atoms with E-state index in [9.17, 15) is 0 Å². The molecule has 17 heavy (non-hydrogen) atoms. The largest absolute Gasteiger partial charge is 0.488 e. The van der Waals surface area contributed by atoms with E-state index in [1.165, 1.54) is 0 Å². The third kappa shape index (κ3) is 5.11. The molecule has 1 aromatic carbocycles. The van der Waals surface area contributed by atoms with E-state index in [1.54, 1.807) is 0 Å². The van der Waals surface area contributed by atoms with E-state index in [0.717, 1.165) is 28.6 Å². The van der Waals surface area contributed by atoms with Crippen LogP contribution in [-0.4, -0.2) is 12.6 Å². The maximum atomic E-state index is 5.97. The summed E-state index contributed by atoms with van der Waals surface area (Å²) in [5, 5.41) is 0.485. The minimum absolute atomic E-state index is 0.144. The van der Waals surface area contributed by atoms with Crippen molar-refractivity contribution in [3.8, 4) is 5.75 Å². The number of hydrogen-bond acceptors (Lipinski definition) is 2. The van der Waals surface area contributed by atoms with Crippen molar-refractivity contribution in [2.24, 2.45) is 5.73 Å². The number of hydrogen-bond donors (Lipinski definition) is 1. The number of benzene rings is 1. The summed E-state index contributed by atoms with van der Waals surface area (Å²) in [4.78, 5) is 0. The molecule has 94 valence electrons. The Morgan fingerprint density at radius 2 is 2.29 bits per heavy atom. The molecular weight excluding hydrogens is 302 g/mol. The van der Waals surface area contributed by atoms with Crippen LogP contribution in [0.5, 0.6) is 5.75 Å². The summed E-state index contributed by atoms with van der Waals surface area (Å²) in [6, 6.07) is 6.03. The van der Waals surface area contributed by atoms with Crippen molar-refractivity contribution in [1.82, 2.24) is 0 Å². The first-order chi connectivity index (χ1) is 8.02. The monoisotopic (exact) mass is 317 g/mol. The Labute approximate surface area is 116 Å². The molecule has 1 rings (SSSR count). The Bertz CT molecular complexity index is 395. The van der Waals surface area contributed by atoms with Gasteiger partial charge in [0, 0.05) is 15.5 Å². The van der Waals surface area contributed by atoms with Crippen molar-refractivity contribution in [3.63, 3.8) is 0 Å². The van der Waals surface area contributed by atoms with Crippen molar-refractivity contribution in [2.45, 2.75) is 25.8 Å². The lowest BCUT2D eigenvalue weighted by molar-refractivity contribution is 0.354. The van der Waals surface area contributed by atoms with Crippen molar-refractivity contribution in [3.05, 3.63) is 39.8 Å². The molecular formula is C13H17BrClNO. The van der Waals surface area contributed by atoms with Crippen LogP contribution >= 0.6 is 27.5 Å². The maximum absolute atomic E-state index is 5.97. The highest BCUT2D eigenvalue weighted by Gasteiger charge is 2.09. The molecule has 2 nitrogen and oxygen atoms in total. The molecule has 0 saturated heterocycles. The second-order valence-corrected chi connectivity index (χ2v) is 5.38. The fraction of sp³-hybridized carbons (Fsp3) is 0.385. The van der Waals surface area contributed by atoms with Gasteiger partial charge in [0.2, 0.25) is 0 Å². The average molecular weight is 319 g/mol. The third-order valence-corrected chi connectivity index (χ3v) is 3.02. The van der Waals surface area contributed by atoms with Crippen LogP contribution in [0.3, 0.4) is 0 Å². The van der Waals surface area contributed by atoms with Gasteiger partial charge in [0.05, 0.1) is 0 Å². The fourth-order valence-corrected chi connectivity index (χ4v) is 1.89. The summed E-state index contributed by atoms with van der Waals surface area (Å²) < 4.78 is 6.61. The van der Waals surface area contributed by atoms with Crippen LogP contribution in [0.15, 0.2) is 34.3 Å². The van der Waals surface area contributed by atoms with Gasteiger partial charge >= 0.3 is 0 Å². The second kappa shape index (κ2) is 7.04. The fourth-order valence-electron chi connectivity index (χ4n) is 1.43. The molecule has 0 aromatic heterocycles. The summed E-state index contributed by atoms with van der Waals surface area (Å²) in [6.45, 7) is 5.99.